The maximum absolute atomic E-state index is 13.1. The number of hydrogen-bond donors (Lipinski definition) is 1. The first-order valence-corrected chi connectivity index (χ1v) is 10.0. The molecule has 1 atom stereocenters. The Morgan fingerprint density at radius 1 is 1.27 bits per heavy atom. The summed E-state index contributed by atoms with van der Waals surface area (Å²) in [7, 11) is -2.02. The van der Waals surface area contributed by atoms with Gasteiger partial charge in [-0.25, -0.2) is 8.42 Å². The Bertz CT molecular complexity index is 756. The van der Waals surface area contributed by atoms with Gasteiger partial charge in [-0.15, -0.1) is 12.4 Å². The lowest BCUT2D eigenvalue weighted by molar-refractivity contribution is -0.135. The first-order chi connectivity index (χ1) is 11.9. The third-order valence-electron chi connectivity index (χ3n) is 4.93. The predicted octanol–water partition coefficient (Wildman–Crippen LogP) is 1.01. The summed E-state index contributed by atoms with van der Waals surface area (Å²) in [4.78, 5) is 14.3. The monoisotopic (exact) mass is 403 g/mol. The van der Waals surface area contributed by atoms with Crippen LogP contribution in [0.1, 0.15) is 18.4 Å². The number of halogens is 1. The number of piperidine rings is 1. The molecule has 9 heteroatoms. The van der Waals surface area contributed by atoms with E-state index in [2.05, 4.69) is 5.32 Å². The molecule has 0 saturated carbocycles. The molecular formula is C17H26ClN3O4S. The highest BCUT2D eigenvalue weighted by molar-refractivity contribution is 7.89. The summed E-state index contributed by atoms with van der Waals surface area (Å²) in [6.45, 7) is 4.35. The van der Waals surface area contributed by atoms with E-state index in [9.17, 15) is 13.2 Å². The van der Waals surface area contributed by atoms with Crippen molar-refractivity contribution in [3.8, 4) is 5.75 Å². The summed E-state index contributed by atoms with van der Waals surface area (Å²) in [5.41, 5.74) is 0.666. The summed E-state index contributed by atoms with van der Waals surface area (Å²) >= 11 is 0. The number of methoxy groups -OCH3 is 1. The van der Waals surface area contributed by atoms with Gasteiger partial charge in [-0.1, -0.05) is 0 Å². The number of nitrogens with one attached hydrogen (secondary N) is 1. The molecule has 146 valence electrons. The van der Waals surface area contributed by atoms with Crippen molar-refractivity contribution >= 4 is 28.3 Å². The minimum Gasteiger partial charge on any atom is -0.497 e. The van der Waals surface area contributed by atoms with Gasteiger partial charge in [0.25, 0.3) is 0 Å². The van der Waals surface area contributed by atoms with Crippen molar-refractivity contribution < 1.29 is 17.9 Å². The number of carbonyl (C=O) groups excluding carboxylic acids is 1. The molecule has 2 aliphatic rings. The molecule has 1 N–H and O–H groups in total. The fraction of sp³-hybridized carbons (Fsp3) is 0.588. The van der Waals surface area contributed by atoms with Crippen LogP contribution in [0, 0.1) is 6.92 Å². The number of ether oxygens (including phenoxy) is 1. The Kier molecular flexibility index (Phi) is 6.90. The Morgan fingerprint density at radius 3 is 2.69 bits per heavy atom. The topological polar surface area (TPSA) is 79.0 Å². The van der Waals surface area contributed by atoms with Gasteiger partial charge in [0.15, 0.2) is 0 Å². The van der Waals surface area contributed by atoms with Gasteiger partial charge < -0.3 is 15.0 Å². The van der Waals surface area contributed by atoms with Crippen molar-refractivity contribution in [1.29, 1.82) is 0 Å². The fourth-order valence-corrected chi connectivity index (χ4v) is 5.30. The molecule has 0 radical (unpaired) electrons. The van der Waals surface area contributed by atoms with Crippen molar-refractivity contribution in [2.24, 2.45) is 0 Å². The molecule has 1 aromatic rings. The van der Waals surface area contributed by atoms with Gasteiger partial charge >= 0.3 is 0 Å². The van der Waals surface area contributed by atoms with Crippen molar-refractivity contribution in [3.05, 3.63) is 23.8 Å². The molecule has 1 amide bonds. The lowest BCUT2D eigenvalue weighted by Gasteiger charge is -2.40. The second-order valence-electron chi connectivity index (χ2n) is 6.55. The standard InChI is InChI=1S/C17H25N3O4S.ClH/c1-13-10-15(24-2)5-6-16(13)25(22,23)19-8-3-4-14(12-19)20-9-7-18-11-17(20)21;/h5-6,10,14,18H,3-4,7-9,11-12H2,1-2H3;1H. The van der Waals surface area contributed by atoms with E-state index >= 15 is 0 Å². The minimum atomic E-state index is -3.58. The molecule has 2 heterocycles. The molecule has 26 heavy (non-hydrogen) atoms. The molecular weight excluding hydrogens is 378 g/mol. The highest BCUT2D eigenvalue weighted by Gasteiger charge is 2.35. The summed E-state index contributed by atoms with van der Waals surface area (Å²) < 4.78 is 32.9. The molecule has 3 rings (SSSR count). The molecule has 0 bridgehead atoms. The van der Waals surface area contributed by atoms with Gasteiger partial charge in [-0.3, -0.25) is 4.79 Å². The zero-order valence-corrected chi connectivity index (χ0v) is 16.7. The lowest BCUT2D eigenvalue weighted by Crippen LogP contribution is -2.57. The number of amides is 1. The molecule has 2 fully saturated rings. The lowest BCUT2D eigenvalue weighted by atomic mass is 10.1. The molecule has 7 nitrogen and oxygen atoms in total. The van der Waals surface area contributed by atoms with E-state index in [0.717, 1.165) is 19.4 Å². The van der Waals surface area contributed by atoms with E-state index in [1.807, 2.05) is 4.90 Å². The predicted molar refractivity (Wildman–Crippen MR) is 101 cm³/mol. The number of carbonyl (C=O) groups is 1. The second-order valence-corrected chi connectivity index (χ2v) is 8.46. The number of aryl methyl sites for hydroxylation is 1. The fourth-order valence-electron chi connectivity index (χ4n) is 3.58. The highest BCUT2D eigenvalue weighted by atomic mass is 35.5. The van der Waals surface area contributed by atoms with Crippen molar-refractivity contribution in [2.45, 2.75) is 30.7 Å². The number of piperazine rings is 1. The SMILES string of the molecule is COc1ccc(S(=O)(=O)N2CCCC(N3CCNCC3=O)C2)c(C)c1.Cl. The van der Waals surface area contributed by atoms with E-state index < -0.39 is 10.0 Å². The van der Waals surface area contributed by atoms with Crippen LogP contribution in [0.5, 0.6) is 5.75 Å². The highest BCUT2D eigenvalue weighted by Crippen LogP contribution is 2.27. The van der Waals surface area contributed by atoms with E-state index in [0.29, 0.717) is 42.4 Å². The van der Waals surface area contributed by atoms with E-state index in [1.54, 1.807) is 32.2 Å². The van der Waals surface area contributed by atoms with E-state index in [-0.39, 0.29) is 24.4 Å². The molecule has 0 aliphatic carbocycles. The smallest absolute Gasteiger partial charge is 0.243 e. The third kappa shape index (κ3) is 4.14. The maximum Gasteiger partial charge on any atom is 0.243 e. The molecule has 0 spiro atoms. The zero-order valence-electron chi connectivity index (χ0n) is 15.1. The van der Waals surface area contributed by atoms with Gasteiger partial charge in [-0.05, 0) is 43.5 Å². The summed E-state index contributed by atoms with van der Waals surface area (Å²) in [5.74, 6) is 0.690. The average molecular weight is 404 g/mol. The number of nitrogens with zero attached hydrogens (tertiary/aromatic N) is 2. The Balaban J connectivity index is 0.00000243. The average Bonchev–Trinajstić information content (AvgIpc) is 2.62. The number of rotatable bonds is 4. The summed E-state index contributed by atoms with van der Waals surface area (Å²) in [6, 6.07) is 4.95. The van der Waals surface area contributed by atoms with Crippen LogP contribution in [0.3, 0.4) is 0 Å². The normalized spacial score (nSPS) is 22.0. The zero-order chi connectivity index (χ0) is 18.0. The van der Waals surface area contributed by atoms with Gasteiger partial charge in [0, 0.05) is 32.2 Å². The minimum absolute atomic E-state index is 0. The van der Waals surface area contributed by atoms with Crippen LogP contribution in [0.25, 0.3) is 0 Å². The summed E-state index contributed by atoms with van der Waals surface area (Å²) in [5, 5.41) is 3.05. The van der Waals surface area contributed by atoms with Crippen LogP contribution in [-0.4, -0.2) is 69.4 Å². The van der Waals surface area contributed by atoms with Crippen LogP contribution in [-0.2, 0) is 14.8 Å². The van der Waals surface area contributed by atoms with Crippen molar-refractivity contribution in [2.75, 3.05) is 39.8 Å². The number of sulfonamides is 1. The third-order valence-corrected chi connectivity index (χ3v) is 6.95. The van der Waals surface area contributed by atoms with Crippen LogP contribution in [0.2, 0.25) is 0 Å². The van der Waals surface area contributed by atoms with Crippen molar-refractivity contribution in [3.63, 3.8) is 0 Å². The Hall–Kier alpha value is -1.35. The van der Waals surface area contributed by atoms with Gasteiger partial charge in [0.1, 0.15) is 5.75 Å². The van der Waals surface area contributed by atoms with Crippen LogP contribution >= 0.6 is 12.4 Å². The van der Waals surface area contributed by atoms with Crippen LogP contribution in [0.4, 0.5) is 0 Å². The Labute approximate surface area is 161 Å². The van der Waals surface area contributed by atoms with Crippen molar-refractivity contribution in [1.82, 2.24) is 14.5 Å². The van der Waals surface area contributed by atoms with E-state index in [4.69, 9.17) is 4.74 Å². The van der Waals surface area contributed by atoms with E-state index in [1.165, 1.54) is 4.31 Å². The quantitative estimate of drug-likeness (QED) is 0.811. The van der Waals surface area contributed by atoms with Gasteiger partial charge in [-0.2, -0.15) is 4.31 Å². The Morgan fingerprint density at radius 2 is 2.04 bits per heavy atom. The summed E-state index contributed by atoms with van der Waals surface area (Å²) in [6.07, 6.45) is 1.61. The first-order valence-electron chi connectivity index (χ1n) is 8.58. The molecule has 2 saturated heterocycles. The number of hydrogen-bond acceptors (Lipinski definition) is 5. The molecule has 0 aromatic heterocycles. The first kappa shape index (κ1) is 21.0. The van der Waals surface area contributed by atoms with Crippen LogP contribution in [0.15, 0.2) is 23.1 Å². The second kappa shape index (κ2) is 8.56. The van der Waals surface area contributed by atoms with Crippen LogP contribution < -0.4 is 10.1 Å². The molecule has 1 aromatic carbocycles. The molecule has 2 aliphatic heterocycles. The van der Waals surface area contributed by atoms with Gasteiger partial charge in [0.05, 0.1) is 18.6 Å². The largest absolute Gasteiger partial charge is 0.497 e. The van der Waals surface area contributed by atoms with Gasteiger partial charge in [0.2, 0.25) is 15.9 Å². The number of benzene rings is 1. The molecule has 1 unspecified atom stereocenters. The maximum atomic E-state index is 13.1.